The first kappa shape index (κ1) is 28.9. The van der Waals surface area contributed by atoms with Gasteiger partial charge in [0.05, 0.1) is 24.1 Å². The smallest absolute Gasteiger partial charge is 0.270 e. The van der Waals surface area contributed by atoms with Crippen LogP contribution in [0, 0.1) is 10.1 Å². The van der Waals surface area contributed by atoms with Gasteiger partial charge >= 0.3 is 0 Å². The quantitative estimate of drug-likeness (QED) is 0.0665. The Balaban J connectivity index is 1.09. The molecule has 6 aromatic rings. The number of para-hydroxylation sites is 1. The zero-order valence-electron chi connectivity index (χ0n) is 25.1. The van der Waals surface area contributed by atoms with Gasteiger partial charge < -0.3 is 25.1 Å². The van der Waals surface area contributed by atoms with E-state index in [1.165, 1.54) is 11.5 Å². The molecule has 0 spiro atoms. The van der Waals surface area contributed by atoms with Crippen LogP contribution in [0.2, 0.25) is 0 Å². The number of aliphatic imine (C=N–C) groups is 1. The first-order valence-electron chi connectivity index (χ1n) is 15.4. The van der Waals surface area contributed by atoms with Crippen LogP contribution in [0.25, 0.3) is 21.7 Å². The summed E-state index contributed by atoms with van der Waals surface area (Å²) in [4.78, 5) is 19.2. The fourth-order valence-corrected chi connectivity index (χ4v) is 5.86. The average Bonchev–Trinajstić information content (AvgIpc) is 3.49. The molecule has 1 aliphatic rings. The molecule has 0 amide bonds. The molecule has 0 radical (unpaired) electrons. The van der Waals surface area contributed by atoms with E-state index in [2.05, 4.69) is 39.9 Å². The van der Waals surface area contributed by atoms with Gasteiger partial charge in [0.15, 0.2) is 5.96 Å². The van der Waals surface area contributed by atoms with E-state index < -0.39 is 0 Å². The number of guanidine groups is 1. The van der Waals surface area contributed by atoms with E-state index in [0.717, 1.165) is 56.6 Å². The molecule has 1 atom stereocenters. The van der Waals surface area contributed by atoms with Crippen molar-refractivity contribution >= 4 is 33.3 Å². The van der Waals surface area contributed by atoms with Crippen molar-refractivity contribution in [3.63, 3.8) is 0 Å². The Morgan fingerprint density at radius 3 is 2.70 bits per heavy atom. The number of hydrogen-bond acceptors (Lipinski definition) is 5. The lowest BCUT2D eigenvalue weighted by Gasteiger charge is -2.28. The Kier molecular flexibility index (Phi) is 8.19. The van der Waals surface area contributed by atoms with Gasteiger partial charge in [-0.15, -0.1) is 0 Å². The van der Waals surface area contributed by atoms with Gasteiger partial charge in [-0.2, -0.15) is 0 Å². The molecule has 1 unspecified atom stereocenters. The molecule has 9 heteroatoms. The van der Waals surface area contributed by atoms with Crippen molar-refractivity contribution in [2.45, 2.75) is 25.4 Å². The van der Waals surface area contributed by atoms with Gasteiger partial charge in [-0.25, -0.2) is 4.99 Å². The molecule has 230 valence electrons. The van der Waals surface area contributed by atoms with Crippen molar-refractivity contribution in [3.05, 3.63) is 142 Å². The summed E-state index contributed by atoms with van der Waals surface area (Å²) < 4.78 is 12.1. The normalized spacial score (nSPS) is 14.4. The van der Waals surface area contributed by atoms with Crippen LogP contribution >= 0.6 is 0 Å². The molecular formula is C37H33N5O4. The monoisotopic (exact) mass is 611 g/mol. The summed E-state index contributed by atoms with van der Waals surface area (Å²) in [6.07, 6.45) is 3.37. The number of nitro benzene ring substituents is 1. The van der Waals surface area contributed by atoms with Gasteiger partial charge in [0.1, 0.15) is 17.2 Å². The van der Waals surface area contributed by atoms with E-state index in [1.54, 1.807) is 12.1 Å². The Bertz CT molecular complexity index is 2050. The van der Waals surface area contributed by atoms with Crippen molar-refractivity contribution in [2.24, 2.45) is 4.99 Å². The molecule has 0 aliphatic carbocycles. The molecule has 1 aromatic heterocycles. The fourth-order valence-electron chi connectivity index (χ4n) is 5.86. The Hall–Kier alpha value is -5.83. The highest BCUT2D eigenvalue weighted by atomic mass is 16.6. The number of aromatic amines is 1. The number of nitrogens with one attached hydrogen (secondary N) is 3. The summed E-state index contributed by atoms with van der Waals surface area (Å²) in [5.74, 6) is 3.08. The van der Waals surface area contributed by atoms with Crippen molar-refractivity contribution in [1.82, 2.24) is 15.6 Å². The third-order valence-electron chi connectivity index (χ3n) is 8.19. The lowest BCUT2D eigenvalue weighted by Crippen LogP contribution is -2.41. The summed E-state index contributed by atoms with van der Waals surface area (Å²) in [6.45, 7) is 1.64. The first-order chi connectivity index (χ1) is 22.6. The van der Waals surface area contributed by atoms with Crippen LogP contribution in [0.1, 0.15) is 29.2 Å². The van der Waals surface area contributed by atoms with Crippen LogP contribution in [-0.4, -0.2) is 29.0 Å². The second kappa shape index (κ2) is 13.0. The summed E-state index contributed by atoms with van der Waals surface area (Å²) in [5, 5.41) is 21.6. The van der Waals surface area contributed by atoms with E-state index in [-0.39, 0.29) is 16.7 Å². The van der Waals surface area contributed by atoms with E-state index in [0.29, 0.717) is 32.1 Å². The second-order valence-corrected chi connectivity index (χ2v) is 11.3. The van der Waals surface area contributed by atoms with Gasteiger partial charge in [0, 0.05) is 47.8 Å². The fraction of sp³-hybridized carbons (Fsp3) is 0.162. The molecule has 7 rings (SSSR count). The summed E-state index contributed by atoms with van der Waals surface area (Å²) in [7, 11) is 0. The summed E-state index contributed by atoms with van der Waals surface area (Å²) in [6, 6.07) is 35.3. The van der Waals surface area contributed by atoms with Gasteiger partial charge in [0.2, 0.25) is 0 Å². The zero-order chi connectivity index (χ0) is 31.3. The number of hydrogen-bond donors (Lipinski definition) is 3. The highest BCUT2D eigenvalue weighted by molar-refractivity contribution is 5.86. The van der Waals surface area contributed by atoms with E-state index >= 15 is 0 Å². The van der Waals surface area contributed by atoms with Crippen molar-refractivity contribution < 1.29 is 14.4 Å². The van der Waals surface area contributed by atoms with Crippen LogP contribution in [0.5, 0.6) is 17.2 Å². The standard InChI is InChI=1S/C37H33N5O4/c43-42(44)29-13-15-34-33(22-29)28(24-39-34)16-18-38-37(41-35-17-19-45-36-11-4-3-10-32(35)36)40-23-25-6-5-9-30(20-25)46-31-14-12-26-7-1-2-8-27(26)21-31/h1-15,20-22,24,35,39H,16-19,23H2,(H2,38,40,41). The minimum atomic E-state index is -0.364. The van der Waals surface area contributed by atoms with Crippen LogP contribution in [0.3, 0.4) is 0 Å². The number of ether oxygens (including phenoxy) is 2. The van der Waals surface area contributed by atoms with Crippen molar-refractivity contribution in [3.8, 4) is 17.2 Å². The van der Waals surface area contributed by atoms with Crippen molar-refractivity contribution in [2.75, 3.05) is 13.2 Å². The van der Waals surface area contributed by atoms with E-state index in [4.69, 9.17) is 14.5 Å². The molecule has 0 bridgehead atoms. The summed E-state index contributed by atoms with van der Waals surface area (Å²) in [5.41, 5.74) is 4.06. The van der Waals surface area contributed by atoms with Gasteiger partial charge in [0.25, 0.3) is 5.69 Å². The number of nitrogens with zero attached hydrogens (tertiary/aromatic N) is 2. The van der Waals surface area contributed by atoms with Crippen LogP contribution in [-0.2, 0) is 13.0 Å². The van der Waals surface area contributed by atoms with Crippen molar-refractivity contribution in [1.29, 1.82) is 0 Å². The van der Waals surface area contributed by atoms with E-state index in [1.807, 2.05) is 72.9 Å². The maximum Gasteiger partial charge on any atom is 0.270 e. The molecular weight excluding hydrogens is 578 g/mol. The van der Waals surface area contributed by atoms with Gasteiger partial charge in [-0.3, -0.25) is 10.1 Å². The minimum Gasteiger partial charge on any atom is -0.493 e. The third-order valence-corrected chi connectivity index (χ3v) is 8.19. The predicted molar refractivity (Wildman–Crippen MR) is 181 cm³/mol. The van der Waals surface area contributed by atoms with Gasteiger partial charge in [-0.05, 0) is 64.7 Å². The molecule has 0 fully saturated rings. The molecule has 0 saturated heterocycles. The predicted octanol–water partition coefficient (Wildman–Crippen LogP) is 7.82. The highest BCUT2D eigenvalue weighted by Gasteiger charge is 2.22. The largest absolute Gasteiger partial charge is 0.493 e. The number of benzene rings is 5. The number of fused-ring (bicyclic) bond motifs is 3. The Morgan fingerprint density at radius 1 is 0.935 bits per heavy atom. The Labute approximate surface area is 266 Å². The molecule has 0 saturated carbocycles. The Morgan fingerprint density at radius 2 is 1.78 bits per heavy atom. The maximum absolute atomic E-state index is 11.3. The molecule has 2 heterocycles. The maximum atomic E-state index is 11.3. The number of aromatic nitrogens is 1. The lowest BCUT2D eigenvalue weighted by atomic mass is 10.0. The SMILES string of the molecule is O=[N+]([O-])c1ccc2[nH]cc(CCNC(=NCc3cccc(Oc4ccc5ccccc5c4)c3)NC3CCOc4ccccc43)c2c1. The molecule has 5 aromatic carbocycles. The zero-order valence-corrected chi connectivity index (χ0v) is 25.1. The number of non-ortho nitro benzene ring substituents is 1. The second-order valence-electron chi connectivity index (χ2n) is 11.3. The van der Waals surface area contributed by atoms with Crippen LogP contribution < -0.4 is 20.1 Å². The topological polar surface area (TPSA) is 114 Å². The molecule has 9 nitrogen and oxygen atoms in total. The molecule has 3 N–H and O–H groups in total. The van der Waals surface area contributed by atoms with E-state index in [9.17, 15) is 10.1 Å². The van der Waals surface area contributed by atoms with Crippen LogP contribution in [0.4, 0.5) is 5.69 Å². The average molecular weight is 612 g/mol. The number of nitro groups is 1. The third kappa shape index (κ3) is 6.49. The minimum absolute atomic E-state index is 0.0366. The highest BCUT2D eigenvalue weighted by Crippen LogP contribution is 2.32. The number of H-pyrrole nitrogens is 1. The van der Waals surface area contributed by atoms with Gasteiger partial charge in [-0.1, -0.05) is 60.7 Å². The lowest BCUT2D eigenvalue weighted by molar-refractivity contribution is -0.384. The number of rotatable bonds is 9. The summed E-state index contributed by atoms with van der Waals surface area (Å²) >= 11 is 0. The van der Waals surface area contributed by atoms with Crippen LogP contribution in [0.15, 0.2) is 120 Å². The first-order valence-corrected chi connectivity index (χ1v) is 15.4. The molecule has 46 heavy (non-hydrogen) atoms. The molecule has 1 aliphatic heterocycles.